The second kappa shape index (κ2) is 5.82. The summed E-state index contributed by atoms with van der Waals surface area (Å²) in [5.41, 5.74) is 0.649. The van der Waals surface area contributed by atoms with Crippen molar-refractivity contribution in [3.63, 3.8) is 0 Å². The zero-order valence-electron chi connectivity index (χ0n) is 13.9. The molecule has 2 heterocycles. The SMILES string of the molecule is CNC(C)Cc1noc(CN2c3cccc4cccc(c34)S2(=O)=O)n1. The van der Waals surface area contributed by atoms with Crippen molar-refractivity contribution in [3.05, 3.63) is 48.1 Å². The Labute approximate surface area is 145 Å². The van der Waals surface area contributed by atoms with E-state index >= 15 is 0 Å². The van der Waals surface area contributed by atoms with Crippen LogP contribution < -0.4 is 9.62 Å². The monoisotopic (exact) mass is 358 g/mol. The molecule has 2 aromatic carbocycles. The Morgan fingerprint density at radius 1 is 1.24 bits per heavy atom. The third-order valence-electron chi connectivity index (χ3n) is 4.45. The average molecular weight is 358 g/mol. The van der Waals surface area contributed by atoms with Crippen LogP contribution in [0, 0.1) is 0 Å². The highest BCUT2D eigenvalue weighted by Crippen LogP contribution is 2.42. The van der Waals surface area contributed by atoms with E-state index in [1.54, 1.807) is 18.2 Å². The van der Waals surface area contributed by atoms with Crippen molar-refractivity contribution >= 4 is 26.5 Å². The van der Waals surface area contributed by atoms with Gasteiger partial charge < -0.3 is 9.84 Å². The van der Waals surface area contributed by atoms with Crippen LogP contribution in [0.4, 0.5) is 5.69 Å². The van der Waals surface area contributed by atoms with Gasteiger partial charge in [0.15, 0.2) is 5.82 Å². The molecule has 0 fully saturated rings. The van der Waals surface area contributed by atoms with Crippen LogP contribution in [0.15, 0.2) is 45.8 Å². The molecule has 7 nitrogen and oxygen atoms in total. The molecule has 0 radical (unpaired) electrons. The molecule has 0 saturated carbocycles. The average Bonchev–Trinajstić information content (AvgIpc) is 3.13. The van der Waals surface area contributed by atoms with Crippen molar-refractivity contribution in [2.45, 2.75) is 30.8 Å². The molecule has 1 N–H and O–H groups in total. The molecule has 1 unspecified atom stereocenters. The lowest BCUT2D eigenvalue weighted by Crippen LogP contribution is -2.27. The minimum atomic E-state index is -3.62. The van der Waals surface area contributed by atoms with Crippen LogP contribution in [0.3, 0.4) is 0 Å². The second-order valence-electron chi connectivity index (χ2n) is 6.14. The molecule has 1 aliphatic heterocycles. The van der Waals surface area contributed by atoms with E-state index in [-0.39, 0.29) is 18.5 Å². The van der Waals surface area contributed by atoms with E-state index in [2.05, 4.69) is 15.5 Å². The molecule has 1 aliphatic rings. The number of likely N-dealkylation sites (N-methyl/N-ethyl adjacent to an activating group) is 1. The van der Waals surface area contributed by atoms with Crippen LogP contribution in [0.5, 0.6) is 0 Å². The number of nitrogens with one attached hydrogen (secondary N) is 1. The van der Waals surface area contributed by atoms with E-state index < -0.39 is 10.0 Å². The number of benzene rings is 2. The molecular formula is C17H18N4O3S. The van der Waals surface area contributed by atoms with Crippen LogP contribution >= 0.6 is 0 Å². The normalized spacial score (nSPS) is 16.5. The molecule has 0 saturated heterocycles. The summed E-state index contributed by atoms with van der Waals surface area (Å²) in [5, 5.41) is 8.69. The Kier molecular flexibility index (Phi) is 3.73. The quantitative estimate of drug-likeness (QED) is 0.751. The Hall–Kier alpha value is -2.45. The van der Waals surface area contributed by atoms with E-state index in [0.717, 1.165) is 10.8 Å². The van der Waals surface area contributed by atoms with Gasteiger partial charge in [0.2, 0.25) is 5.89 Å². The zero-order valence-corrected chi connectivity index (χ0v) is 14.7. The lowest BCUT2D eigenvalue weighted by Gasteiger charge is -2.16. The van der Waals surface area contributed by atoms with Gasteiger partial charge in [0.1, 0.15) is 6.54 Å². The Bertz CT molecular complexity index is 1040. The lowest BCUT2D eigenvalue weighted by atomic mass is 10.1. The number of hydrogen-bond donors (Lipinski definition) is 1. The fourth-order valence-electron chi connectivity index (χ4n) is 3.06. The van der Waals surface area contributed by atoms with Gasteiger partial charge in [0.25, 0.3) is 10.0 Å². The van der Waals surface area contributed by atoms with Crippen molar-refractivity contribution in [1.29, 1.82) is 0 Å². The molecule has 0 amide bonds. The van der Waals surface area contributed by atoms with E-state index in [1.807, 2.05) is 32.2 Å². The first-order valence-corrected chi connectivity index (χ1v) is 9.48. The predicted octanol–water partition coefficient (Wildman–Crippen LogP) is 2.08. The van der Waals surface area contributed by atoms with Gasteiger partial charge >= 0.3 is 0 Å². The maximum Gasteiger partial charge on any atom is 0.265 e. The van der Waals surface area contributed by atoms with Crippen molar-refractivity contribution in [1.82, 2.24) is 15.5 Å². The topological polar surface area (TPSA) is 88.3 Å². The van der Waals surface area contributed by atoms with E-state index in [4.69, 9.17) is 4.52 Å². The molecular weight excluding hydrogens is 340 g/mol. The summed E-state index contributed by atoms with van der Waals surface area (Å²) in [6.45, 7) is 2.04. The molecule has 25 heavy (non-hydrogen) atoms. The summed E-state index contributed by atoms with van der Waals surface area (Å²) < 4.78 is 32.5. The highest BCUT2D eigenvalue weighted by Gasteiger charge is 2.36. The number of aromatic nitrogens is 2. The Balaban J connectivity index is 1.69. The van der Waals surface area contributed by atoms with E-state index in [1.165, 1.54) is 4.31 Å². The summed E-state index contributed by atoms with van der Waals surface area (Å²) in [4.78, 5) is 4.65. The Morgan fingerprint density at radius 2 is 2.00 bits per heavy atom. The van der Waals surface area contributed by atoms with Crippen LogP contribution in [0.25, 0.3) is 10.8 Å². The maximum absolute atomic E-state index is 12.9. The van der Waals surface area contributed by atoms with E-state index in [9.17, 15) is 8.42 Å². The molecule has 0 spiro atoms. The van der Waals surface area contributed by atoms with Gasteiger partial charge in [0, 0.05) is 17.8 Å². The molecule has 3 aromatic rings. The van der Waals surface area contributed by atoms with Crippen LogP contribution in [-0.2, 0) is 23.0 Å². The van der Waals surface area contributed by atoms with Crippen LogP contribution in [0.2, 0.25) is 0 Å². The number of hydrogen-bond acceptors (Lipinski definition) is 6. The summed E-state index contributed by atoms with van der Waals surface area (Å²) in [6.07, 6.45) is 0.614. The number of rotatable bonds is 5. The summed E-state index contributed by atoms with van der Waals surface area (Å²) >= 11 is 0. The molecule has 0 aliphatic carbocycles. The van der Waals surface area contributed by atoms with Gasteiger partial charge in [-0.25, -0.2) is 8.42 Å². The van der Waals surface area contributed by atoms with Gasteiger partial charge in [-0.15, -0.1) is 0 Å². The first-order valence-electron chi connectivity index (χ1n) is 8.04. The molecule has 4 rings (SSSR count). The van der Waals surface area contributed by atoms with Crippen molar-refractivity contribution in [2.75, 3.05) is 11.4 Å². The van der Waals surface area contributed by atoms with Gasteiger partial charge in [-0.3, -0.25) is 4.31 Å². The molecule has 8 heteroatoms. The van der Waals surface area contributed by atoms with E-state index in [0.29, 0.717) is 22.8 Å². The fraction of sp³-hybridized carbons (Fsp3) is 0.294. The maximum atomic E-state index is 12.9. The highest BCUT2D eigenvalue weighted by atomic mass is 32.2. The summed E-state index contributed by atoms with van der Waals surface area (Å²) in [5.74, 6) is 0.843. The molecule has 1 aromatic heterocycles. The lowest BCUT2D eigenvalue weighted by molar-refractivity contribution is 0.373. The third kappa shape index (κ3) is 2.58. The van der Waals surface area contributed by atoms with Gasteiger partial charge in [-0.1, -0.05) is 29.4 Å². The van der Waals surface area contributed by atoms with Gasteiger partial charge in [-0.05, 0) is 31.5 Å². The van der Waals surface area contributed by atoms with Crippen molar-refractivity contribution in [2.24, 2.45) is 0 Å². The molecule has 130 valence electrons. The number of anilines is 1. The standard InChI is InChI=1S/C17H18N4O3S/c1-11(18-2)9-15-19-16(24-20-15)10-21-13-7-3-5-12-6-4-8-14(17(12)13)25(21,22)23/h3-8,11,18H,9-10H2,1-2H3. The first kappa shape index (κ1) is 16.0. The van der Waals surface area contributed by atoms with Gasteiger partial charge in [-0.2, -0.15) is 4.98 Å². The van der Waals surface area contributed by atoms with Gasteiger partial charge in [0.05, 0.1) is 10.6 Å². The zero-order chi connectivity index (χ0) is 17.6. The van der Waals surface area contributed by atoms with Crippen molar-refractivity contribution < 1.29 is 12.9 Å². The summed E-state index contributed by atoms with van der Waals surface area (Å²) in [6, 6.07) is 11.1. The minimum absolute atomic E-state index is 0.0249. The minimum Gasteiger partial charge on any atom is -0.337 e. The largest absolute Gasteiger partial charge is 0.337 e. The smallest absolute Gasteiger partial charge is 0.265 e. The van der Waals surface area contributed by atoms with Crippen LogP contribution in [0.1, 0.15) is 18.6 Å². The second-order valence-corrected chi connectivity index (χ2v) is 7.97. The van der Waals surface area contributed by atoms with Crippen LogP contribution in [-0.4, -0.2) is 31.6 Å². The predicted molar refractivity (Wildman–Crippen MR) is 93.8 cm³/mol. The summed E-state index contributed by atoms with van der Waals surface area (Å²) in [7, 11) is -1.76. The first-order chi connectivity index (χ1) is 12.0. The number of sulfonamides is 1. The Morgan fingerprint density at radius 3 is 2.76 bits per heavy atom. The number of nitrogens with zero attached hydrogens (tertiary/aromatic N) is 3. The van der Waals surface area contributed by atoms with Crippen molar-refractivity contribution in [3.8, 4) is 0 Å². The fourth-order valence-corrected chi connectivity index (χ4v) is 4.72. The third-order valence-corrected chi connectivity index (χ3v) is 6.25. The molecule has 1 atom stereocenters. The molecule has 0 bridgehead atoms. The highest BCUT2D eigenvalue weighted by molar-refractivity contribution is 7.93.